The summed E-state index contributed by atoms with van der Waals surface area (Å²) in [5.74, 6) is -0.499. The van der Waals surface area contributed by atoms with E-state index in [1.54, 1.807) is 13.1 Å². The quantitative estimate of drug-likeness (QED) is 0.819. The lowest BCUT2D eigenvalue weighted by molar-refractivity contribution is 0.196. The van der Waals surface area contributed by atoms with Crippen molar-refractivity contribution < 1.29 is 12.8 Å². The van der Waals surface area contributed by atoms with Crippen molar-refractivity contribution in [1.29, 1.82) is 0 Å². The molecule has 0 spiro atoms. The van der Waals surface area contributed by atoms with E-state index in [0.29, 0.717) is 24.2 Å². The van der Waals surface area contributed by atoms with Gasteiger partial charge in [0.2, 0.25) is 10.0 Å². The van der Waals surface area contributed by atoms with E-state index in [0.717, 1.165) is 19.6 Å². The van der Waals surface area contributed by atoms with Crippen LogP contribution >= 0.6 is 0 Å². The molecule has 0 N–H and O–H groups in total. The largest absolute Gasteiger partial charge is 0.419 e. The molecular weight excluding hydrogens is 306 g/mol. The average Bonchev–Trinajstić information content (AvgIpc) is 2.81. The van der Waals surface area contributed by atoms with Crippen molar-refractivity contribution >= 4 is 21.1 Å². The maximum Gasteiger partial charge on any atom is 0.419 e. The summed E-state index contributed by atoms with van der Waals surface area (Å²) in [5, 5.41) is 0. The third-order valence-electron chi connectivity index (χ3n) is 4.18. The Bertz CT molecular complexity index is 845. The fourth-order valence-electron chi connectivity index (χ4n) is 2.71. The van der Waals surface area contributed by atoms with Crippen molar-refractivity contribution in [1.82, 2.24) is 13.8 Å². The van der Waals surface area contributed by atoms with Crippen LogP contribution in [0.3, 0.4) is 0 Å². The Kier molecular flexibility index (Phi) is 3.84. The highest BCUT2D eigenvalue weighted by molar-refractivity contribution is 7.89. The molecule has 1 aromatic carbocycles. The number of hydrogen-bond acceptors (Lipinski definition) is 5. The molecule has 3 rings (SSSR count). The van der Waals surface area contributed by atoms with Gasteiger partial charge in [-0.25, -0.2) is 13.2 Å². The first-order valence-electron chi connectivity index (χ1n) is 7.25. The van der Waals surface area contributed by atoms with Crippen LogP contribution in [-0.4, -0.2) is 54.9 Å². The Morgan fingerprint density at radius 1 is 1.18 bits per heavy atom. The molecule has 22 heavy (non-hydrogen) atoms. The highest BCUT2D eigenvalue weighted by Crippen LogP contribution is 2.22. The number of fused-ring (bicyclic) bond motifs is 1. The number of rotatable bonds is 3. The third-order valence-corrected chi connectivity index (χ3v) is 6.07. The molecular formula is C14H19N3O4S. The molecule has 0 aliphatic carbocycles. The lowest BCUT2D eigenvalue weighted by atomic mass is 10.3. The van der Waals surface area contributed by atoms with Crippen molar-refractivity contribution in [3.8, 4) is 0 Å². The fraction of sp³-hybridized carbons (Fsp3) is 0.500. The molecule has 1 fully saturated rings. The van der Waals surface area contributed by atoms with E-state index < -0.39 is 15.8 Å². The van der Waals surface area contributed by atoms with Crippen molar-refractivity contribution in [3.05, 3.63) is 28.7 Å². The molecule has 0 atom stereocenters. The Hall–Kier alpha value is -1.64. The average molecular weight is 325 g/mol. The summed E-state index contributed by atoms with van der Waals surface area (Å²) in [6.07, 6.45) is 0. The van der Waals surface area contributed by atoms with Crippen molar-refractivity contribution in [2.45, 2.75) is 11.8 Å². The Morgan fingerprint density at radius 3 is 2.50 bits per heavy atom. The first-order valence-corrected chi connectivity index (χ1v) is 8.69. The molecule has 1 aliphatic heterocycles. The van der Waals surface area contributed by atoms with Gasteiger partial charge < -0.3 is 9.32 Å². The van der Waals surface area contributed by atoms with Crippen LogP contribution in [0.2, 0.25) is 0 Å². The predicted molar refractivity (Wildman–Crippen MR) is 82.3 cm³/mol. The first-order chi connectivity index (χ1) is 10.4. The summed E-state index contributed by atoms with van der Waals surface area (Å²) in [7, 11) is -1.96. The van der Waals surface area contributed by atoms with Gasteiger partial charge in [-0.05, 0) is 18.7 Å². The predicted octanol–water partition coefficient (Wildman–Crippen LogP) is 0.458. The van der Waals surface area contributed by atoms with Crippen molar-refractivity contribution in [3.63, 3.8) is 0 Å². The molecule has 0 unspecified atom stereocenters. The number of benzene rings is 1. The molecule has 2 heterocycles. The van der Waals surface area contributed by atoms with E-state index >= 15 is 0 Å². The number of piperazine rings is 1. The normalized spacial score (nSPS) is 18.1. The number of sulfonamides is 1. The lowest BCUT2D eigenvalue weighted by Crippen LogP contribution is -2.48. The van der Waals surface area contributed by atoms with Gasteiger partial charge in [-0.3, -0.25) is 4.57 Å². The number of oxazole rings is 1. The molecule has 120 valence electrons. The van der Waals surface area contributed by atoms with E-state index in [2.05, 4.69) is 11.8 Å². The monoisotopic (exact) mass is 325 g/mol. The summed E-state index contributed by atoms with van der Waals surface area (Å²) in [6, 6.07) is 4.56. The zero-order chi connectivity index (χ0) is 15.9. The van der Waals surface area contributed by atoms with Crippen LogP contribution in [-0.2, 0) is 17.1 Å². The summed E-state index contributed by atoms with van der Waals surface area (Å²) < 4.78 is 33.3. The van der Waals surface area contributed by atoms with Crippen LogP contribution in [0.15, 0.2) is 32.3 Å². The number of nitrogens with zero attached hydrogens (tertiary/aromatic N) is 3. The zero-order valence-corrected chi connectivity index (χ0v) is 13.5. The molecule has 1 aliphatic rings. The Balaban J connectivity index is 1.94. The maximum absolute atomic E-state index is 12.7. The van der Waals surface area contributed by atoms with Crippen LogP contribution in [0.25, 0.3) is 11.1 Å². The fourth-order valence-corrected chi connectivity index (χ4v) is 4.15. The van der Waals surface area contributed by atoms with Gasteiger partial charge in [-0.2, -0.15) is 4.31 Å². The third kappa shape index (κ3) is 2.47. The van der Waals surface area contributed by atoms with E-state index in [-0.39, 0.29) is 4.90 Å². The molecule has 7 nitrogen and oxygen atoms in total. The summed E-state index contributed by atoms with van der Waals surface area (Å²) in [6.45, 7) is 5.42. The summed E-state index contributed by atoms with van der Waals surface area (Å²) in [4.78, 5) is 13.9. The Labute approximate surface area is 128 Å². The van der Waals surface area contributed by atoms with E-state index in [1.807, 2.05) is 0 Å². The molecule has 2 aromatic rings. The molecule has 0 saturated carbocycles. The van der Waals surface area contributed by atoms with Crippen LogP contribution in [0.4, 0.5) is 0 Å². The van der Waals surface area contributed by atoms with Gasteiger partial charge in [0.25, 0.3) is 0 Å². The van der Waals surface area contributed by atoms with Gasteiger partial charge in [0.15, 0.2) is 5.58 Å². The highest BCUT2D eigenvalue weighted by Gasteiger charge is 2.28. The van der Waals surface area contributed by atoms with Crippen molar-refractivity contribution in [2.75, 3.05) is 32.7 Å². The second-order valence-corrected chi connectivity index (χ2v) is 7.33. The van der Waals surface area contributed by atoms with E-state index in [9.17, 15) is 13.2 Å². The standard InChI is InChI=1S/C14H19N3O4S/c1-3-16-6-8-17(9-7-16)22(19,20)11-4-5-12-13(10-11)21-14(18)15(12)2/h4-5,10H,3,6-9H2,1-2H3. The topological polar surface area (TPSA) is 75.8 Å². The molecule has 1 saturated heterocycles. The minimum Gasteiger partial charge on any atom is -0.408 e. The van der Waals surface area contributed by atoms with Gasteiger partial charge in [0.05, 0.1) is 10.4 Å². The van der Waals surface area contributed by atoms with E-state index in [4.69, 9.17) is 4.42 Å². The second-order valence-electron chi connectivity index (χ2n) is 5.39. The highest BCUT2D eigenvalue weighted by atomic mass is 32.2. The van der Waals surface area contributed by atoms with Gasteiger partial charge in [-0.15, -0.1) is 0 Å². The minimum absolute atomic E-state index is 0.166. The SMILES string of the molecule is CCN1CCN(S(=O)(=O)c2ccc3c(c2)oc(=O)n3C)CC1. The Morgan fingerprint density at radius 2 is 1.86 bits per heavy atom. The molecule has 0 bridgehead atoms. The van der Waals surface area contributed by atoms with Gasteiger partial charge in [-0.1, -0.05) is 6.92 Å². The van der Waals surface area contributed by atoms with Crippen LogP contribution in [0.5, 0.6) is 0 Å². The maximum atomic E-state index is 12.7. The molecule has 0 amide bonds. The van der Waals surface area contributed by atoms with Gasteiger partial charge in [0.1, 0.15) is 0 Å². The van der Waals surface area contributed by atoms with Crippen LogP contribution in [0, 0.1) is 0 Å². The molecule has 8 heteroatoms. The first kappa shape index (κ1) is 15.3. The van der Waals surface area contributed by atoms with Crippen LogP contribution in [0.1, 0.15) is 6.92 Å². The number of likely N-dealkylation sites (N-methyl/N-ethyl adjacent to an activating group) is 1. The second kappa shape index (κ2) is 5.53. The smallest absolute Gasteiger partial charge is 0.408 e. The summed E-state index contributed by atoms with van der Waals surface area (Å²) >= 11 is 0. The number of aromatic nitrogens is 1. The van der Waals surface area contributed by atoms with Gasteiger partial charge >= 0.3 is 5.76 Å². The van der Waals surface area contributed by atoms with Gasteiger partial charge in [0, 0.05) is 39.3 Å². The summed E-state index contributed by atoms with van der Waals surface area (Å²) in [5.41, 5.74) is 0.875. The number of aryl methyl sites for hydroxylation is 1. The van der Waals surface area contributed by atoms with Crippen LogP contribution < -0.4 is 5.76 Å². The molecule has 1 aromatic heterocycles. The number of hydrogen-bond donors (Lipinski definition) is 0. The minimum atomic E-state index is -3.55. The van der Waals surface area contributed by atoms with Crippen molar-refractivity contribution in [2.24, 2.45) is 7.05 Å². The lowest BCUT2D eigenvalue weighted by Gasteiger charge is -2.33. The zero-order valence-electron chi connectivity index (χ0n) is 12.7. The van der Waals surface area contributed by atoms with E-state index in [1.165, 1.54) is 21.0 Å². The molecule has 0 radical (unpaired) electrons.